The zero-order valence-corrected chi connectivity index (χ0v) is 28.6. The predicted octanol–water partition coefficient (Wildman–Crippen LogP) is 13.3. The maximum atomic E-state index is 2.52. The Morgan fingerprint density at radius 3 is 1.65 bits per heavy atom. The lowest BCUT2D eigenvalue weighted by Gasteiger charge is -2.28. The van der Waals surface area contributed by atoms with Gasteiger partial charge in [-0.1, -0.05) is 133 Å². The van der Waals surface area contributed by atoms with Crippen LogP contribution >= 0.6 is 11.3 Å². The Morgan fingerprint density at radius 2 is 1.00 bits per heavy atom. The normalized spacial score (nSPS) is 15.2. The number of aromatic nitrogens is 1. The Kier molecular flexibility index (Phi) is 6.28. The van der Waals surface area contributed by atoms with Crippen molar-refractivity contribution in [3.8, 4) is 27.9 Å². The molecule has 240 valence electrons. The second kappa shape index (κ2) is 11.2. The summed E-state index contributed by atoms with van der Waals surface area (Å²) in [6.07, 6.45) is 7.80. The molecule has 1 unspecified atom stereocenters. The van der Waals surface area contributed by atoms with Crippen LogP contribution in [0.1, 0.15) is 12.0 Å². The highest BCUT2D eigenvalue weighted by Gasteiger charge is 2.34. The van der Waals surface area contributed by atoms with E-state index in [1.807, 2.05) is 11.3 Å². The molecule has 3 heteroatoms. The molecule has 0 saturated heterocycles. The van der Waals surface area contributed by atoms with E-state index in [1.165, 1.54) is 92.4 Å². The molecule has 0 saturated carbocycles. The Labute approximate surface area is 300 Å². The van der Waals surface area contributed by atoms with Gasteiger partial charge in [0.1, 0.15) is 0 Å². The van der Waals surface area contributed by atoms with Gasteiger partial charge < -0.3 is 9.47 Å². The quantitative estimate of drug-likeness (QED) is 0.181. The summed E-state index contributed by atoms with van der Waals surface area (Å²) in [6.45, 7) is 0. The van der Waals surface area contributed by atoms with Crippen LogP contribution in [-0.4, -0.2) is 10.6 Å². The van der Waals surface area contributed by atoms with E-state index in [1.54, 1.807) is 0 Å². The van der Waals surface area contributed by atoms with E-state index >= 15 is 0 Å². The number of fused-ring (bicyclic) bond motifs is 9. The van der Waals surface area contributed by atoms with E-state index in [9.17, 15) is 0 Å². The standard InChI is InChI=1S/C48H32N2S/c1-5-19-43-37(11-1)38-12-2-6-20-44(38)49(43)33-27-23-31(24-28-33)35-15-9-17-41-42-18-10-16-36(48(42)51-47(35)41)32-25-29-34(30-26-32)50-45-21-7-3-13-39(45)40-14-4-8-22-46(40)50/h1-21,23-30,46H,22H2. The third-order valence-corrected chi connectivity index (χ3v) is 12.2. The fraction of sp³-hybridized carbons (Fsp3) is 0.0417. The van der Waals surface area contributed by atoms with Crippen LogP contribution in [0.4, 0.5) is 11.4 Å². The summed E-state index contributed by atoms with van der Waals surface area (Å²) in [5.74, 6) is 0. The first kappa shape index (κ1) is 28.7. The van der Waals surface area contributed by atoms with Crippen molar-refractivity contribution < 1.29 is 0 Å². The molecule has 0 bridgehead atoms. The van der Waals surface area contributed by atoms with Gasteiger partial charge >= 0.3 is 0 Å². The molecule has 0 spiro atoms. The highest BCUT2D eigenvalue weighted by atomic mass is 32.1. The van der Waals surface area contributed by atoms with Crippen LogP contribution in [0.15, 0.2) is 176 Å². The van der Waals surface area contributed by atoms with E-state index in [2.05, 4.69) is 185 Å². The molecule has 9 aromatic rings. The van der Waals surface area contributed by atoms with Gasteiger partial charge in [0.15, 0.2) is 0 Å². The van der Waals surface area contributed by atoms with Crippen molar-refractivity contribution >= 4 is 70.3 Å². The Balaban J connectivity index is 0.977. The van der Waals surface area contributed by atoms with E-state index in [0.29, 0.717) is 6.04 Å². The third-order valence-electron chi connectivity index (χ3n) is 10.9. The lowest BCUT2D eigenvalue weighted by atomic mass is 9.96. The molecule has 7 aromatic carbocycles. The van der Waals surface area contributed by atoms with E-state index in [-0.39, 0.29) is 0 Å². The number of rotatable bonds is 4. The molecule has 1 atom stereocenters. The fourth-order valence-electron chi connectivity index (χ4n) is 8.61. The van der Waals surface area contributed by atoms with Crippen molar-refractivity contribution in [3.63, 3.8) is 0 Å². The lowest BCUT2D eigenvalue weighted by Crippen LogP contribution is -2.26. The van der Waals surface area contributed by atoms with Gasteiger partial charge in [-0.15, -0.1) is 11.3 Å². The van der Waals surface area contributed by atoms with Gasteiger partial charge in [0.2, 0.25) is 0 Å². The highest BCUT2D eigenvalue weighted by molar-refractivity contribution is 7.26. The second-order valence-electron chi connectivity index (χ2n) is 13.6. The fourth-order valence-corrected chi connectivity index (χ4v) is 9.98. The highest BCUT2D eigenvalue weighted by Crippen LogP contribution is 2.48. The number of hydrogen-bond donors (Lipinski definition) is 0. The molecular formula is C48H32N2S. The van der Waals surface area contributed by atoms with Crippen LogP contribution in [0.25, 0.3) is 75.5 Å². The molecule has 0 radical (unpaired) electrons. The van der Waals surface area contributed by atoms with Crippen molar-refractivity contribution in [1.29, 1.82) is 0 Å². The van der Waals surface area contributed by atoms with Crippen LogP contribution < -0.4 is 4.90 Å². The van der Waals surface area contributed by atoms with Crippen LogP contribution in [0.2, 0.25) is 0 Å². The summed E-state index contributed by atoms with van der Waals surface area (Å²) in [4.78, 5) is 2.52. The summed E-state index contributed by atoms with van der Waals surface area (Å²) in [6, 6.07) is 58.5. The van der Waals surface area contributed by atoms with E-state index < -0.39 is 0 Å². The lowest BCUT2D eigenvalue weighted by molar-refractivity contribution is 0.829. The number of hydrogen-bond acceptors (Lipinski definition) is 2. The van der Waals surface area contributed by atoms with Gasteiger partial charge in [0, 0.05) is 53.6 Å². The minimum Gasteiger partial charge on any atom is -0.333 e. The number of anilines is 2. The third kappa shape index (κ3) is 4.28. The summed E-state index contributed by atoms with van der Waals surface area (Å²) in [7, 11) is 0. The van der Waals surface area contributed by atoms with Gasteiger partial charge in [-0.2, -0.15) is 0 Å². The first-order valence-corrected chi connectivity index (χ1v) is 18.5. The monoisotopic (exact) mass is 668 g/mol. The summed E-state index contributed by atoms with van der Waals surface area (Å²) in [5, 5.41) is 5.20. The molecular weight excluding hydrogens is 637 g/mol. The smallest absolute Gasteiger partial charge is 0.0632 e. The SMILES string of the molecule is C1=CCC2C(=C1)c1ccccc1N2c1ccc(-c2cccc3c2sc2c(-c4ccc(-n5c6ccccc6c6ccccc65)cc4)cccc23)cc1. The molecule has 51 heavy (non-hydrogen) atoms. The average Bonchev–Trinajstić information content (AvgIpc) is 3.86. The molecule has 2 aliphatic rings. The van der Waals surface area contributed by atoms with Crippen molar-refractivity contribution in [1.82, 2.24) is 4.57 Å². The van der Waals surface area contributed by atoms with Crippen LogP contribution in [0, 0.1) is 0 Å². The average molecular weight is 669 g/mol. The molecule has 11 rings (SSSR count). The van der Waals surface area contributed by atoms with E-state index in [0.717, 1.165) is 6.42 Å². The minimum absolute atomic E-state index is 0.346. The van der Waals surface area contributed by atoms with Crippen LogP contribution in [0.5, 0.6) is 0 Å². The Bertz CT molecular complexity index is 2830. The molecule has 1 aliphatic heterocycles. The number of benzene rings is 7. The maximum absolute atomic E-state index is 2.52. The first-order chi connectivity index (χ1) is 25.3. The van der Waals surface area contributed by atoms with Crippen molar-refractivity contribution in [2.24, 2.45) is 0 Å². The van der Waals surface area contributed by atoms with E-state index in [4.69, 9.17) is 0 Å². The van der Waals surface area contributed by atoms with Gasteiger partial charge in [-0.25, -0.2) is 0 Å². The molecule has 0 fully saturated rings. The van der Waals surface area contributed by atoms with Gasteiger partial charge in [0.05, 0.1) is 17.1 Å². The number of para-hydroxylation sites is 3. The maximum Gasteiger partial charge on any atom is 0.0632 e. The first-order valence-electron chi connectivity index (χ1n) is 17.7. The molecule has 1 aliphatic carbocycles. The van der Waals surface area contributed by atoms with Crippen molar-refractivity contribution in [3.05, 3.63) is 182 Å². The summed E-state index contributed by atoms with van der Waals surface area (Å²) in [5.41, 5.74) is 14.0. The zero-order valence-electron chi connectivity index (χ0n) is 27.8. The molecule has 0 amide bonds. The van der Waals surface area contributed by atoms with Crippen LogP contribution in [-0.2, 0) is 0 Å². The Morgan fingerprint density at radius 1 is 0.471 bits per heavy atom. The van der Waals surface area contributed by atoms with Gasteiger partial charge in [0.25, 0.3) is 0 Å². The predicted molar refractivity (Wildman–Crippen MR) is 219 cm³/mol. The van der Waals surface area contributed by atoms with Crippen molar-refractivity contribution in [2.45, 2.75) is 12.5 Å². The number of thiophene rings is 1. The van der Waals surface area contributed by atoms with Crippen LogP contribution in [0.3, 0.4) is 0 Å². The van der Waals surface area contributed by atoms with Gasteiger partial charge in [-0.3, -0.25) is 0 Å². The topological polar surface area (TPSA) is 8.17 Å². The molecule has 2 nitrogen and oxygen atoms in total. The second-order valence-corrected chi connectivity index (χ2v) is 14.6. The minimum atomic E-state index is 0.346. The zero-order chi connectivity index (χ0) is 33.5. The summed E-state index contributed by atoms with van der Waals surface area (Å²) < 4.78 is 5.05. The van der Waals surface area contributed by atoms with Gasteiger partial charge in [-0.05, 0) is 76.7 Å². The van der Waals surface area contributed by atoms with Crippen molar-refractivity contribution in [2.75, 3.05) is 4.90 Å². The molecule has 3 heterocycles. The molecule has 2 aromatic heterocycles. The number of nitrogens with zero attached hydrogens (tertiary/aromatic N) is 2. The molecule has 0 N–H and O–H groups in total. The largest absolute Gasteiger partial charge is 0.333 e. The summed E-state index contributed by atoms with van der Waals surface area (Å²) >= 11 is 1.91. The number of allylic oxidation sites excluding steroid dienone is 2. The Hall–Kier alpha value is -6.16.